The van der Waals surface area contributed by atoms with Gasteiger partial charge in [-0.2, -0.15) is 0 Å². The fraction of sp³-hybridized carbons (Fsp3) is 0.286. The van der Waals surface area contributed by atoms with E-state index >= 15 is 0 Å². The largest absolute Gasteiger partial charge is 0.304 e. The molecule has 1 aliphatic rings. The van der Waals surface area contributed by atoms with E-state index in [0.29, 0.717) is 0 Å². The maximum Gasteiger partial charge on any atom is 0.233 e. The molecule has 0 N–H and O–H groups in total. The SMILES string of the molecule is CC#Cc1ccc(N2C(=O)C(CC)C2c2ccccc2)cc1C. The van der Waals surface area contributed by atoms with E-state index in [1.54, 1.807) is 0 Å². The molecule has 1 saturated heterocycles. The van der Waals surface area contributed by atoms with Crippen LogP contribution in [0.1, 0.15) is 43.0 Å². The zero-order chi connectivity index (χ0) is 16.4. The van der Waals surface area contributed by atoms with E-state index in [0.717, 1.165) is 23.2 Å². The Morgan fingerprint density at radius 2 is 1.87 bits per heavy atom. The van der Waals surface area contributed by atoms with Crippen molar-refractivity contribution in [2.24, 2.45) is 5.92 Å². The molecule has 1 fully saturated rings. The van der Waals surface area contributed by atoms with Gasteiger partial charge >= 0.3 is 0 Å². The van der Waals surface area contributed by atoms with Gasteiger partial charge in [-0.25, -0.2) is 0 Å². The second kappa shape index (κ2) is 6.30. The minimum Gasteiger partial charge on any atom is -0.304 e. The number of amides is 1. The van der Waals surface area contributed by atoms with Crippen molar-refractivity contribution in [1.29, 1.82) is 0 Å². The van der Waals surface area contributed by atoms with E-state index in [-0.39, 0.29) is 17.9 Å². The highest BCUT2D eigenvalue weighted by molar-refractivity contribution is 6.03. The number of hydrogen-bond donors (Lipinski definition) is 0. The summed E-state index contributed by atoms with van der Waals surface area (Å²) in [6.07, 6.45) is 0.868. The monoisotopic (exact) mass is 303 g/mol. The zero-order valence-corrected chi connectivity index (χ0v) is 13.8. The first kappa shape index (κ1) is 15.4. The van der Waals surface area contributed by atoms with Crippen molar-refractivity contribution in [3.63, 3.8) is 0 Å². The Bertz CT molecular complexity index is 782. The summed E-state index contributed by atoms with van der Waals surface area (Å²) in [6.45, 7) is 5.97. The van der Waals surface area contributed by atoms with E-state index in [9.17, 15) is 4.79 Å². The van der Waals surface area contributed by atoms with Gasteiger partial charge < -0.3 is 4.90 Å². The van der Waals surface area contributed by atoms with Gasteiger partial charge in [0.05, 0.1) is 12.0 Å². The lowest BCUT2D eigenvalue weighted by atomic mass is 9.80. The fourth-order valence-corrected chi connectivity index (χ4v) is 3.34. The second-order valence-electron chi connectivity index (χ2n) is 5.95. The van der Waals surface area contributed by atoms with Crippen molar-refractivity contribution in [2.75, 3.05) is 4.90 Å². The van der Waals surface area contributed by atoms with E-state index in [1.807, 2.05) is 49.1 Å². The number of anilines is 1. The molecule has 2 nitrogen and oxygen atoms in total. The molecular formula is C21H21NO. The third-order valence-electron chi connectivity index (χ3n) is 4.54. The molecule has 0 radical (unpaired) electrons. The van der Waals surface area contributed by atoms with Crippen molar-refractivity contribution >= 4 is 11.6 Å². The summed E-state index contributed by atoms with van der Waals surface area (Å²) < 4.78 is 0. The topological polar surface area (TPSA) is 20.3 Å². The van der Waals surface area contributed by atoms with Crippen LogP contribution in [0.4, 0.5) is 5.69 Å². The number of β-lactam (4-membered cyclic amide) rings is 1. The Hall–Kier alpha value is -2.53. The zero-order valence-electron chi connectivity index (χ0n) is 13.8. The molecule has 0 aromatic heterocycles. The van der Waals surface area contributed by atoms with Gasteiger partial charge in [0.25, 0.3) is 0 Å². The average molecular weight is 303 g/mol. The number of benzene rings is 2. The van der Waals surface area contributed by atoms with Crippen LogP contribution in [0.3, 0.4) is 0 Å². The Morgan fingerprint density at radius 1 is 1.13 bits per heavy atom. The summed E-state index contributed by atoms with van der Waals surface area (Å²) in [7, 11) is 0. The lowest BCUT2D eigenvalue weighted by Crippen LogP contribution is -2.55. The highest BCUT2D eigenvalue weighted by Gasteiger charge is 2.47. The molecule has 23 heavy (non-hydrogen) atoms. The predicted octanol–water partition coefficient (Wildman–Crippen LogP) is 4.48. The molecule has 2 aromatic carbocycles. The van der Waals surface area contributed by atoms with Crippen molar-refractivity contribution in [2.45, 2.75) is 33.2 Å². The van der Waals surface area contributed by atoms with Gasteiger partial charge in [0.15, 0.2) is 0 Å². The van der Waals surface area contributed by atoms with Gasteiger partial charge in [-0.05, 0) is 49.6 Å². The number of aryl methyl sites for hydroxylation is 1. The third kappa shape index (κ3) is 2.64. The van der Waals surface area contributed by atoms with Crippen LogP contribution in [0.25, 0.3) is 0 Å². The Morgan fingerprint density at radius 3 is 2.48 bits per heavy atom. The van der Waals surface area contributed by atoms with Crippen molar-refractivity contribution in [1.82, 2.24) is 0 Å². The molecule has 1 heterocycles. The summed E-state index contributed by atoms with van der Waals surface area (Å²) >= 11 is 0. The number of nitrogens with zero attached hydrogens (tertiary/aromatic N) is 1. The number of carbonyl (C=O) groups excluding carboxylic acids is 1. The van der Waals surface area contributed by atoms with Gasteiger partial charge in [-0.15, -0.1) is 5.92 Å². The quantitative estimate of drug-likeness (QED) is 0.604. The molecule has 2 unspecified atom stereocenters. The lowest BCUT2D eigenvalue weighted by Gasteiger charge is -2.47. The number of carbonyl (C=O) groups is 1. The van der Waals surface area contributed by atoms with Crippen molar-refractivity contribution in [3.05, 3.63) is 65.2 Å². The van der Waals surface area contributed by atoms with Gasteiger partial charge in [0.2, 0.25) is 5.91 Å². The van der Waals surface area contributed by atoms with Crippen molar-refractivity contribution in [3.8, 4) is 11.8 Å². The summed E-state index contributed by atoms with van der Waals surface area (Å²) in [4.78, 5) is 14.5. The first-order valence-corrected chi connectivity index (χ1v) is 8.08. The molecule has 1 aliphatic heterocycles. The number of hydrogen-bond acceptors (Lipinski definition) is 1. The Kier molecular flexibility index (Phi) is 4.21. The van der Waals surface area contributed by atoms with Crippen LogP contribution in [-0.4, -0.2) is 5.91 Å². The minimum absolute atomic E-state index is 0.0767. The lowest BCUT2D eigenvalue weighted by molar-refractivity contribution is -0.130. The van der Waals surface area contributed by atoms with E-state index in [2.05, 4.69) is 37.0 Å². The maximum atomic E-state index is 12.6. The Labute approximate surface area is 138 Å². The smallest absolute Gasteiger partial charge is 0.233 e. The predicted molar refractivity (Wildman–Crippen MR) is 94.2 cm³/mol. The maximum absolute atomic E-state index is 12.6. The van der Waals surface area contributed by atoms with Crippen LogP contribution in [0, 0.1) is 24.7 Å². The van der Waals surface area contributed by atoms with Crippen LogP contribution < -0.4 is 4.90 Å². The first-order chi connectivity index (χ1) is 11.2. The average Bonchev–Trinajstić information content (AvgIpc) is 2.56. The molecule has 2 aromatic rings. The molecule has 2 atom stereocenters. The van der Waals surface area contributed by atoms with Crippen LogP contribution in [0.5, 0.6) is 0 Å². The summed E-state index contributed by atoms with van der Waals surface area (Å²) in [5.41, 5.74) is 4.30. The van der Waals surface area contributed by atoms with Crippen molar-refractivity contribution < 1.29 is 4.79 Å². The molecule has 0 bridgehead atoms. The van der Waals surface area contributed by atoms with Gasteiger partial charge in [0, 0.05) is 11.3 Å². The highest BCUT2D eigenvalue weighted by atomic mass is 16.2. The normalized spacial score (nSPS) is 19.8. The molecule has 116 valence electrons. The summed E-state index contributed by atoms with van der Waals surface area (Å²) in [6, 6.07) is 16.5. The minimum atomic E-state index is 0.0767. The fourth-order valence-electron chi connectivity index (χ4n) is 3.34. The molecule has 0 spiro atoms. The molecule has 0 saturated carbocycles. The van der Waals surface area contributed by atoms with Gasteiger partial charge in [-0.3, -0.25) is 4.79 Å². The van der Waals surface area contributed by atoms with E-state index < -0.39 is 0 Å². The first-order valence-electron chi connectivity index (χ1n) is 8.08. The van der Waals surface area contributed by atoms with Crippen LogP contribution >= 0.6 is 0 Å². The van der Waals surface area contributed by atoms with E-state index in [1.165, 1.54) is 5.56 Å². The van der Waals surface area contributed by atoms with Crippen LogP contribution in [-0.2, 0) is 4.79 Å². The van der Waals surface area contributed by atoms with Gasteiger partial charge in [0.1, 0.15) is 0 Å². The Balaban J connectivity index is 1.98. The third-order valence-corrected chi connectivity index (χ3v) is 4.54. The van der Waals surface area contributed by atoms with Crippen LogP contribution in [0.2, 0.25) is 0 Å². The number of rotatable bonds is 3. The highest BCUT2D eigenvalue weighted by Crippen LogP contribution is 2.45. The molecule has 2 heteroatoms. The molecular weight excluding hydrogens is 282 g/mol. The summed E-state index contributed by atoms with van der Waals surface area (Å²) in [5, 5.41) is 0. The molecule has 1 amide bonds. The van der Waals surface area contributed by atoms with Gasteiger partial charge in [-0.1, -0.05) is 43.2 Å². The standard InChI is InChI=1S/C21H21NO/c1-4-9-16-12-13-18(14-15(16)3)22-20(19(5-2)21(22)23)17-10-7-6-8-11-17/h6-8,10-14,19-20H,5H2,1-3H3. The van der Waals surface area contributed by atoms with E-state index in [4.69, 9.17) is 0 Å². The molecule has 0 aliphatic carbocycles. The second-order valence-corrected chi connectivity index (χ2v) is 5.95. The molecule has 3 rings (SSSR count). The summed E-state index contributed by atoms with van der Waals surface area (Å²) in [5.74, 6) is 6.32. The van der Waals surface area contributed by atoms with Crippen LogP contribution in [0.15, 0.2) is 48.5 Å².